The van der Waals surface area contributed by atoms with Crippen molar-refractivity contribution < 1.29 is 10.2 Å². The lowest BCUT2D eigenvalue weighted by atomic mass is 9.95. The average molecular weight is 458 g/mol. The van der Waals surface area contributed by atoms with E-state index in [-0.39, 0.29) is 6.10 Å². The summed E-state index contributed by atoms with van der Waals surface area (Å²) in [5, 5.41) is 22.3. The lowest BCUT2D eigenvalue weighted by molar-refractivity contribution is 0.167. The van der Waals surface area contributed by atoms with E-state index in [1.807, 2.05) is 78.9 Å². The summed E-state index contributed by atoms with van der Waals surface area (Å²) in [4.78, 5) is 4.66. The maximum atomic E-state index is 10.8. The predicted octanol–water partition coefficient (Wildman–Crippen LogP) is 6.65. The normalized spacial score (nSPS) is 13.5. The topological polar surface area (TPSA) is 53.4 Å². The molecular formula is C29H28ClNO2. The Morgan fingerprint density at radius 1 is 0.879 bits per heavy atom. The van der Waals surface area contributed by atoms with Crippen molar-refractivity contribution in [1.29, 1.82) is 0 Å². The monoisotopic (exact) mass is 457 g/mol. The number of aryl methyl sites for hydroxylation is 1. The van der Waals surface area contributed by atoms with E-state index in [0.717, 1.165) is 39.7 Å². The Kier molecular flexibility index (Phi) is 7.56. The summed E-state index contributed by atoms with van der Waals surface area (Å²) in [5.41, 5.74) is 5.93. The van der Waals surface area contributed by atoms with Crippen LogP contribution in [0.25, 0.3) is 23.1 Å². The number of halogens is 1. The van der Waals surface area contributed by atoms with Crippen LogP contribution in [0.4, 0.5) is 0 Å². The van der Waals surface area contributed by atoms with Gasteiger partial charge in [-0.2, -0.15) is 0 Å². The van der Waals surface area contributed by atoms with Crippen LogP contribution in [-0.2, 0) is 12.8 Å². The first-order chi connectivity index (χ1) is 16.0. The zero-order valence-corrected chi connectivity index (χ0v) is 19.4. The van der Waals surface area contributed by atoms with Gasteiger partial charge in [0.2, 0.25) is 0 Å². The van der Waals surface area contributed by atoms with Gasteiger partial charge in [0.05, 0.1) is 23.4 Å². The van der Waals surface area contributed by atoms with Crippen LogP contribution in [0.3, 0.4) is 0 Å². The molecule has 0 bridgehead atoms. The highest BCUT2D eigenvalue weighted by atomic mass is 35.5. The van der Waals surface area contributed by atoms with Crippen molar-refractivity contribution in [2.24, 2.45) is 0 Å². The summed E-state index contributed by atoms with van der Waals surface area (Å²) >= 11 is 6.09. The molecule has 4 aromatic rings. The van der Waals surface area contributed by atoms with E-state index in [4.69, 9.17) is 11.6 Å². The number of aromatic nitrogens is 1. The number of benzene rings is 3. The maximum absolute atomic E-state index is 10.8. The Morgan fingerprint density at radius 2 is 1.67 bits per heavy atom. The summed E-state index contributed by atoms with van der Waals surface area (Å²) in [6.07, 6.45) is 5.05. The maximum Gasteiger partial charge on any atom is 0.0793 e. The highest BCUT2D eigenvalue weighted by Gasteiger charge is 2.11. The molecule has 2 atom stereocenters. The smallest absolute Gasteiger partial charge is 0.0793 e. The molecule has 3 aromatic carbocycles. The minimum absolute atomic E-state index is 0.381. The molecule has 0 aliphatic rings. The summed E-state index contributed by atoms with van der Waals surface area (Å²) in [7, 11) is 0. The van der Waals surface area contributed by atoms with Crippen LogP contribution in [0.15, 0.2) is 78.9 Å². The summed E-state index contributed by atoms with van der Waals surface area (Å²) in [5.74, 6) is 0. The first kappa shape index (κ1) is 23.2. The zero-order chi connectivity index (χ0) is 23.2. The van der Waals surface area contributed by atoms with Gasteiger partial charge in [0.1, 0.15) is 0 Å². The van der Waals surface area contributed by atoms with E-state index in [1.54, 1.807) is 6.92 Å². The summed E-state index contributed by atoms with van der Waals surface area (Å²) < 4.78 is 0. The van der Waals surface area contributed by atoms with Crippen LogP contribution in [0.1, 0.15) is 47.4 Å². The number of hydrogen-bond donors (Lipinski definition) is 2. The third-order valence-electron chi connectivity index (χ3n) is 5.74. The molecule has 0 saturated heterocycles. The molecule has 4 rings (SSSR count). The summed E-state index contributed by atoms with van der Waals surface area (Å²) in [6, 6.07) is 25.8. The first-order valence-corrected chi connectivity index (χ1v) is 11.6. The Bertz CT molecular complexity index is 1270. The molecule has 0 aliphatic carbocycles. The molecule has 33 heavy (non-hydrogen) atoms. The Hall–Kier alpha value is -2.98. The highest BCUT2D eigenvalue weighted by molar-refractivity contribution is 6.31. The fourth-order valence-electron chi connectivity index (χ4n) is 4.03. The Morgan fingerprint density at radius 3 is 2.48 bits per heavy atom. The van der Waals surface area contributed by atoms with Crippen molar-refractivity contribution in [3.63, 3.8) is 0 Å². The molecule has 4 heteroatoms. The lowest BCUT2D eigenvalue weighted by Gasteiger charge is -2.15. The fourth-order valence-corrected chi connectivity index (χ4v) is 4.19. The number of pyridine rings is 1. The van der Waals surface area contributed by atoms with Gasteiger partial charge >= 0.3 is 0 Å². The van der Waals surface area contributed by atoms with Crippen LogP contribution in [0.5, 0.6) is 0 Å². The second-order valence-corrected chi connectivity index (χ2v) is 8.89. The van der Waals surface area contributed by atoms with Gasteiger partial charge in [-0.05, 0) is 78.8 Å². The van der Waals surface area contributed by atoms with E-state index < -0.39 is 6.10 Å². The molecule has 168 valence electrons. The largest absolute Gasteiger partial charge is 0.393 e. The van der Waals surface area contributed by atoms with Gasteiger partial charge in [-0.15, -0.1) is 0 Å². The van der Waals surface area contributed by atoms with Gasteiger partial charge in [0, 0.05) is 10.4 Å². The van der Waals surface area contributed by atoms with Gasteiger partial charge in [0.15, 0.2) is 0 Å². The van der Waals surface area contributed by atoms with Crippen molar-refractivity contribution in [3.05, 3.63) is 112 Å². The van der Waals surface area contributed by atoms with Crippen LogP contribution < -0.4 is 0 Å². The van der Waals surface area contributed by atoms with Gasteiger partial charge in [-0.3, -0.25) is 0 Å². The fraction of sp³-hybridized carbons (Fsp3) is 0.207. The number of hydrogen-bond acceptors (Lipinski definition) is 3. The van der Waals surface area contributed by atoms with E-state index in [1.165, 1.54) is 5.56 Å². The van der Waals surface area contributed by atoms with Crippen LogP contribution in [0, 0.1) is 0 Å². The van der Waals surface area contributed by atoms with E-state index in [9.17, 15) is 10.2 Å². The molecule has 0 amide bonds. The van der Waals surface area contributed by atoms with Gasteiger partial charge in [0.25, 0.3) is 0 Å². The van der Waals surface area contributed by atoms with E-state index >= 15 is 0 Å². The molecule has 0 unspecified atom stereocenters. The molecule has 0 saturated carbocycles. The number of rotatable bonds is 8. The molecule has 1 aromatic heterocycles. The minimum Gasteiger partial charge on any atom is -0.393 e. The van der Waals surface area contributed by atoms with E-state index in [0.29, 0.717) is 17.9 Å². The zero-order valence-electron chi connectivity index (χ0n) is 18.7. The van der Waals surface area contributed by atoms with Crippen molar-refractivity contribution in [2.45, 2.75) is 38.4 Å². The molecule has 0 spiro atoms. The second-order valence-electron chi connectivity index (χ2n) is 8.45. The molecular weight excluding hydrogens is 430 g/mol. The SMILES string of the molecule is C[C@@H](O)Cc1ccccc1CC[C@@H](O)c1cccc(/C=C/c2ccc3ccc(Cl)cc3n2)c1. The van der Waals surface area contributed by atoms with Gasteiger partial charge in [-0.1, -0.05) is 72.3 Å². The van der Waals surface area contributed by atoms with Crippen molar-refractivity contribution in [1.82, 2.24) is 4.98 Å². The Balaban J connectivity index is 1.44. The van der Waals surface area contributed by atoms with Gasteiger partial charge < -0.3 is 10.2 Å². The van der Waals surface area contributed by atoms with Gasteiger partial charge in [-0.25, -0.2) is 4.98 Å². The highest BCUT2D eigenvalue weighted by Crippen LogP contribution is 2.23. The predicted molar refractivity (Wildman–Crippen MR) is 137 cm³/mol. The lowest BCUT2D eigenvalue weighted by Crippen LogP contribution is -2.08. The molecule has 0 aliphatic heterocycles. The van der Waals surface area contributed by atoms with Crippen LogP contribution >= 0.6 is 11.6 Å². The second kappa shape index (κ2) is 10.8. The molecule has 0 fully saturated rings. The number of aliphatic hydroxyl groups excluding tert-OH is 2. The standard InChI is InChI=1S/C29H28ClNO2/c1-20(32)17-24-7-3-2-6-22(24)12-16-29(33)25-8-4-5-21(18-25)9-14-27-15-11-23-10-13-26(30)19-28(23)31-27/h2-11,13-15,18-20,29,32-33H,12,16-17H2,1H3/b14-9+/t20-,29-/m1/s1. The summed E-state index contributed by atoms with van der Waals surface area (Å²) in [6.45, 7) is 1.80. The third kappa shape index (κ3) is 6.29. The third-order valence-corrected chi connectivity index (χ3v) is 5.97. The molecule has 3 nitrogen and oxygen atoms in total. The van der Waals surface area contributed by atoms with Crippen molar-refractivity contribution >= 4 is 34.7 Å². The Labute approximate surface area is 200 Å². The van der Waals surface area contributed by atoms with Crippen molar-refractivity contribution in [2.75, 3.05) is 0 Å². The quantitative estimate of drug-likeness (QED) is 0.311. The molecule has 1 heterocycles. The number of fused-ring (bicyclic) bond motifs is 1. The van der Waals surface area contributed by atoms with Crippen molar-refractivity contribution in [3.8, 4) is 0 Å². The number of nitrogens with zero attached hydrogens (tertiary/aromatic N) is 1. The van der Waals surface area contributed by atoms with Crippen LogP contribution in [0.2, 0.25) is 5.02 Å². The molecule has 2 N–H and O–H groups in total. The van der Waals surface area contributed by atoms with E-state index in [2.05, 4.69) is 17.1 Å². The average Bonchev–Trinajstić information content (AvgIpc) is 2.81. The minimum atomic E-state index is -0.557. The molecule has 0 radical (unpaired) electrons. The van der Waals surface area contributed by atoms with Crippen LogP contribution in [-0.4, -0.2) is 21.3 Å². The first-order valence-electron chi connectivity index (χ1n) is 11.3. The number of aliphatic hydroxyl groups is 2.